The van der Waals surface area contributed by atoms with Crippen LogP contribution in [0.25, 0.3) is 22.2 Å². The maximum absolute atomic E-state index is 13.1. The minimum Gasteiger partial charge on any atom is -0.382 e. The average molecular weight is 463 g/mol. The number of benzene rings is 1. The fourth-order valence-corrected chi connectivity index (χ4v) is 5.31. The number of amides is 1. The van der Waals surface area contributed by atoms with Crippen LogP contribution < -0.4 is 21.7 Å². The molecular formula is C25H34N8O. The first-order chi connectivity index (χ1) is 16.4. The molecule has 0 spiro atoms. The topological polar surface area (TPSA) is 139 Å². The summed E-state index contributed by atoms with van der Waals surface area (Å²) in [7, 11) is 0. The van der Waals surface area contributed by atoms with E-state index in [4.69, 9.17) is 11.5 Å². The lowest BCUT2D eigenvalue weighted by Crippen LogP contribution is -2.49. The van der Waals surface area contributed by atoms with Crippen molar-refractivity contribution in [3.63, 3.8) is 0 Å². The monoisotopic (exact) mass is 462 g/mol. The van der Waals surface area contributed by atoms with Crippen LogP contribution in [-0.4, -0.2) is 44.7 Å². The first kappa shape index (κ1) is 22.4. The highest BCUT2D eigenvalue weighted by Crippen LogP contribution is 2.32. The van der Waals surface area contributed by atoms with Gasteiger partial charge >= 0.3 is 0 Å². The Morgan fingerprint density at radius 2 is 1.85 bits per heavy atom. The zero-order chi connectivity index (χ0) is 23.8. The largest absolute Gasteiger partial charge is 0.382 e. The molecule has 5 rings (SSSR count). The van der Waals surface area contributed by atoms with Gasteiger partial charge in [-0.25, -0.2) is 4.98 Å². The molecule has 9 heteroatoms. The van der Waals surface area contributed by atoms with Crippen LogP contribution in [0.3, 0.4) is 0 Å². The van der Waals surface area contributed by atoms with Gasteiger partial charge in [-0.3, -0.25) is 9.89 Å². The molecule has 34 heavy (non-hydrogen) atoms. The molecule has 3 heterocycles. The Morgan fingerprint density at radius 1 is 1.06 bits per heavy atom. The molecular weight excluding hydrogens is 428 g/mol. The maximum Gasteiger partial charge on any atom is 0.225 e. The van der Waals surface area contributed by atoms with Crippen LogP contribution in [0.1, 0.15) is 52.4 Å². The number of carbonyl (C=O) groups is 1. The van der Waals surface area contributed by atoms with E-state index in [1.807, 2.05) is 24.3 Å². The number of aromatic amines is 1. The Labute approximate surface area is 199 Å². The Morgan fingerprint density at radius 3 is 2.65 bits per heavy atom. The molecule has 1 aliphatic heterocycles. The second-order valence-corrected chi connectivity index (χ2v) is 10.1. The molecule has 2 atom stereocenters. The first-order valence-corrected chi connectivity index (χ1v) is 12.3. The highest BCUT2D eigenvalue weighted by molar-refractivity contribution is 5.91. The summed E-state index contributed by atoms with van der Waals surface area (Å²) in [6.07, 6.45) is 6.36. The van der Waals surface area contributed by atoms with Crippen LogP contribution in [0.4, 0.5) is 17.6 Å². The Hall–Kier alpha value is -3.36. The van der Waals surface area contributed by atoms with Gasteiger partial charge in [0.1, 0.15) is 5.82 Å². The molecule has 9 nitrogen and oxygen atoms in total. The summed E-state index contributed by atoms with van der Waals surface area (Å²) >= 11 is 0. The third-order valence-electron chi connectivity index (χ3n) is 7.53. The van der Waals surface area contributed by atoms with Crippen LogP contribution in [0, 0.1) is 11.8 Å². The number of aromatic nitrogens is 4. The molecule has 6 N–H and O–H groups in total. The highest BCUT2D eigenvalue weighted by Gasteiger charge is 2.32. The first-order valence-electron chi connectivity index (χ1n) is 12.3. The number of carbonyl (C=O) groups excluding carboxylic acids is 1. The summed E-state index contributed by atoms with van der Waals surface area (Å²) in [5.74, 6) is 2.32. The zero-order valence-electron chi connectivity index (χ0n) is 19.9. The number of hydrogen-bond acceptors (Lipinski definition) is 7. The normalized spacial score (nSPS) is 25.4. The number of hydrogen-bond donors (Lipinski definition) is 4. The third kappa shape index (κ3) is 4.51. The van der Waals surface area contributed by atoms with Crippen LogP contribution in [0.2, 0.25) is 0 Å². The number of nitrogen functional groups attached to an aromatic ring is 2. The Bertz CT molecular complexity index is 1180. The lowest BCUT2D eigenvalue weighted by Gasteiger charge is -2.39. The smallest absolute Gasteiger partial charge is 0.225 e. The predicted octanol–water partition coefficient (Wildman–Crippen LogP) is 3.48. The van der Waals surface area contributed by atoms with E-state index < -0.39 is 0 Å². The lowest BCUT2D eigenvalue weighted by molar-refractivity contribution is -0.126. The molecule has 1 saturated carbocycles. The van der Waals surface area contributed by atoms with Crippen molar-refractivity contribution in [1.82, 2.24) is 25.5 Å². The third-order valence-corrected chi connectivity index (χ3v) is 7.53. The van der Waals surface area contributed by atoms with E-state index in [2.05, 4.69) is 44.2 Å². The second kappa shape index (κ2) is 9.12. The number of piperidine rings is 1. The van der Waals surface area contributed by atoms with E-state index in [1.165, 1.54) is 12.8 Å². The van der Waals surface area contributed by atoms with Gasteiger partial charge in [0.15, 0.2) is 5.82 Å². The van der Waals surface area contributed by atoms with Crippen molar-refractivity contribution in [2.75, 3.05) is 22.9 Å². The minimum atomic E-state index is -0.0560. The van der Waals surface area contributed by atoms with Crippen LogP contribution in [0.15, 0.2) is 24.3 Å². The van der Waals surface area contributed by atoms with Gasteiger partial charge in [0.2, 0.25) is 11.9 Å². The molecule has 1 aliphatic carbocycles. The molecule has 0 radical (unpaired) electrons. The SMILES string of the molecule is CC1CCC(NC(=O)C2CCC(C)N(c3cc(-c4ccc5c(N)n[nH]c5c4)nc(N)n3)C2)CC1. The lowest BCUT2D eigenvalue weighted by atomic mass is 9.86. The van der Waals surface area contributed by atoms with Crippen molar-refractivity contribution in [2.24, 2.45) is 11.8 Å². The van der Waals surface area contributed by atoms with Crippen LogP contribution in [-0.2, 0) is 4.79 Å². The van der Waals surface area contributed by atoms with Gasteiger partial charge < -0.3 is 21.7 Å². The van der Waals surface area contributed by atoms with Crippen molar-refractivity contribution < 1.29 is 4.79 Å². The Kier molecular flexibility index (Phi) is 6.02. The molecule has 180 valence electrons. The second-order valence-electron chi connectivity index (χ2n) is 10.1. The van der Waals surface area contributed by atoms with Gasteiger partial charge in [-0.15, -0.1) is 0 Å². The van der Waals surface area contributed by atoms with Gasteiger partial charge in [-0.1, -0.05) is 13.0 Å². The Balaban J connectivity index is 1.35. The zero-order valence-corrected chi connectivity index (χ0v) is 19.9. The van der Waals surface area contributed by atoms with E-state index in [9.17, 15) is 4.79 Å². The van der Waals surface area contributed by atoms with E-state index in [-0.39, 0.29) is 23.8 Å². The maximum atomic E-state index is 13.1. The van der Waals surface area contributed by atoms with Crippen LogP contribution >= 0.6 is 0 Å². The van der Waals surface area contributed by atoms with E-state index >= 15 is 0 Å². The quantitative estimate of drug-likeness (QED) is 0.465. The number of rotatable bonds is 4. The molecule has 2 aromatic heterocycles. The number of nitrogens with one attached hydrogen (secondary N) is 2. The predicted molar refractivity (Wildman–Crippen MR) is 135 cm³/mol. The van der Waals surface area contributed by atoms with Crippen molar-refractivity contribution in [2.45, 2.75) is 64.5 Å². The van der Waals surface area contributed by atoms with Crippen molar-refractivity contribution in [3.05, 3.63) is 24.3 Å². The standard InChI is InChI=1S/C25H34N8O/c1-14-3-8-18(9-4-14)28-24(34)17-6-5-15(2)33(13-17)22-12-20(29-25(27)30-22)16-7-10-19-21(11-16)31-32-23(19)26/h7,10-12,14-15,17-18H,3-6,8-9,13H2,1-2H3,(H,28,34)(H3,26,31,32)(H2,27,29,30). The molecule has 1 saturated heterocycles. The fraction of sp³-hybridized carbons (Fsp3) is 0.520. The number of nitrogens with zero attached hydrogens (tertiary/aromatic N) is 4. The molecule has 0 bridgehead atoms. The van der Waals surface area contributed by atoms with Crippen LogP contribution in [0.5, 0.6) is 0 Å². The minimum absolute atomic E-state index is 0.0560. The molecule has 2 fully saturated rings. The van der Waals surface area contributed by atoms with Crippen molar-refractivity contribution >= 4 is 34.4 Å². The number of nitrogens with two attached hydrogens (primary N) is 2. The summed E-state index contributed by atoms with van der Waals surface area (Å²) in [5.41, 5.74) is 14.5. The summed E-state index contributed by atoms with van der Waals surface area (Å²) in [4.78, 5) is 24.3. The van der Waals surface area contributed by atoms with E-state index in [0.29, 0.717) is 18.4 Å². The van der Waals surface area contributed by atoms with E-state index in [0.717, 1.165) is 59.6 Å². The average Bonchev–Trinajstić information content (AvgIpc) is 3.20. The fourth-order valence-electron chi connectivity index (χ4n) is 5.31. The number of fused-ring (bicyclic) bond motifs is 1. The number of H-pyrrole nitrogens is 1. The van der Waals surface area contributed by atoms with Gasteiger partial charge in [0.25, 0.3) is 0 Å². The molecule has 1 aromatic carbocycles. The molecule has 1 amide bonds. The van der Waals surface area contributed by atoms with Crippen molar-refractivity contribution in [1.29, 1.82) is 0 Å². The molecule has 2 aliphatic rings. The molecule has 2 unspecified atom stereocenters. The summed E-state index contributed by atoms with van der Waals surface area (Å²) < 4.78 is 0. The summed E-state index contributed by atoms with van der Waals surface area (Å²) in [5, 5.41) is 11.2. The summed E-state index contributed by atoms with van der Waals surface area (Å²) in [6, 6.07) is 8.38. The molecule has 3 aromatic rings. The van der Waals surface area contributed by atoms with E-state index in [1.54, 1.807) is 0 Å². The van der Waals surface area contributed by atoms with Crippen molar-refractivity contribution in [3.8, 4) is 11.3 Å². The number of anilines is 3. The van der Waals surface area contributed by atoms with Gasteiger partial charge in [-0.05, 0) is 63.5 Å². The van der Waals surface area contributed by atoms with Gasteiger partial charge in [-0.2, -0.15) is 10.1 Å². The highest BCUT2D eigenvalue weighted by atomic mass is 16.2. The summed E-state index contributed by atoms with van der Waals surface area (Å²) in [6.45, 7) is 5.10. The van der Waals surface area contributed by atoms with Gasteiger partial charge in [0, 0.05) is 35.6 Å². The van der Waals surface area contributed by atoms with Gasteiger partial charge in [0.05, 0.1) is 17.1 Å².